The Hall–Kier alpha value is -3.25. The van der Waals surface area contributed by atoms with Crippen molar-refractivity contribution in [2.45, 2.75) is 0 Å². The Morgan fingerprint density at radius 2 is 1.72 bits per heavy atom. The summed E-state index contributed by atoms with van der Waals surface area (Å²) in [5.41, 5.74) is 3.89. The molecule has 2 heterocycles. The second-order valence-corrected chi connectivity index (χ2v) is 6.33. The van der Waals surface area contributed by atoms with E-state index >= 15 is 0 Å². The monoisotopic (exact) mass is 347 g/mol. The topological polar surface area (TPSA) is 64.0 Å². The number of nitrogens with one attached hydrogen (secondary N) is 1. The molecule has 0 aliphatic heterocycles. The van der Waals surface area contributed by atoms with Crippen molar-refractivity contribution in [1.82, 2.24) is 9.66 Å². The van der Waals surface area contributed by atoms with Crippen molar-refractivity contribution < 1.29 is 4.79 Å². The summed E-state index contributed by atoms with van der Waals surface area (Å²) >= 11 is 1.32. The average molecular weight is 347 g/mol. The fourth-order valence-corrected chi connectivity index (χ4v) is 3.21. The van der Waals surface area contributed by atoms with Crippen LogP contribution in [0.5, 0.6) is 0 Å². The fourth-order valence-electron chi connectivity index (χ4n) is 2.55. The van der Waals surface area contributed by atoms with E-state index in [1.165, 1.54) is 16.0 Å². The second kappa shape index (κ2) is 6.33. The standard InChI is InChI=1S/C19H13N3O2S/c23-17(16-11-6-12-25-16)18-20-15-10-5-4-9-14(15)19(24)22(18)21-13-7-2-1-3-8-13/h1-12,21H. The van der Waals surface area contributed by atoms with E-state index in [1.807, 2.05) is 35.7 Å². The van der Waals surface area contributed by atoms with Gasteiger partial charge in [-0.15, -0.1) is 11.3 Å². The van der Waals surface area contributed by atoms with E-state index in [9.17, 15) is 9.59 Å². The molecular weight excluding hydrogens is 334 g/mol. The van der Waals surface area contributed by atoms with Gasteiger partial charge in [-0.2, -0.15) is 4.68 Å². The molecule has 25 heavy (non-hydrogen) atoms. The maximum Gasteiger partial charge on any atom is 0.280 e. The molecule has 0 bridgehead atoms. The number of hydrogen-bond acceptors (Lipinski definition) is 5. The minimum Gasteiger partial charge on any atom is -0.290 e. The predicted octanol–water partition coefficient (Wildman–Crippen LogP) is 3.56. The zero-order chi connectivity index (χ0) is 17.2. The zero-order valence-corrected chi connectivity index (χ0v) is 13.9. The Labute approximate surface area is 147 Å². The smallest absolute Gasteiger partial charge is 0.280 e. The summed E-state index contributed by atoms with van der Waals surface area (Å²) in [4.78, 5) is 30.8. The van der Waals surface area contributed by atoms with Gasteiger partial charge in [-0.25, -0.2) is 4.98 Å². The number of fused-ring (bicyclic) bond motifs is 1. The molecule has 0 amide bonds. The first-order valence-corrected chi connectivity index (χ1v) is 8.54. The van der Waals surface area contributed by atoms with Gasteiger partial charge in [0.15, 0.2) is 0 Å². The lowest BCUT2D eigenvalue weighted by atomic mass is 10.2. The van der Waals surface area contributed by atoms with Gasteiger partial charge >= 0.3 is 0 Å². The van der Waals surface area contributed by atoms with Gasteiger partial charge < -0.3 is 0 Å². The normalized spacial score (nSPS) is 10.7. The van der Waals surface area contributed by atoms with Gasteiger partial charge in [0.1, 0.15) is 0 Å². The number of aromatic nitrogens is 2. The van der Waals surface area contributed by atoms with Crippen LogP contribution in [-0.4, -0.2) is 15.4 Å². The first-order valence-electron chi connectivity index (χ1n) is 7.66. The molecule has 0 saturated carbocycles. The summed E-state index contributed by atoms with van der Waals surface area (Å²) in [6.45, 7) is 0. The highest BCUT2D eigenvalue weighted by atomic mass is 32.1. The lowest BCUT2D eigenvalue weighted by Crippen LogP contribution is -2.33. The van der Waals surface area contributed by atoms with Gasteiger partial charge in [-0.3, -0.25) is 15.0 Å². The summed E-state index contributed by atoms with van der Waals surface area (Å²) in [7, 11) is 0. The number of benzene rings is 2. The Morgan fingerprint density at radius 3 is 2.48 bits per heavy atom. The molecule has 5 nitrogen and oxygen atoms in total. The first kappa shape index (κ1) is 15.3. The summed E-state index contributed by atoms with van der Waals surface area (Å²) in [6, 6.07) is 19.7. The van der Waals surface area contributed by atoms with Crippen molar-refractivity contribution in [3.05, 3.63) is 93.2 Å². The molecule has 0 radical (unpaired) electrons. The van der Waals surface area contributed by atoms with E-state index in [0.717, 1.165) is 0 Å². The second-order valence-electron chi connectivity index (χ2n) is 5.38. The number of nitrogens with zero attached hydrogens (tertiary/aromatic N) is 2. The van der Waals surface area contributed by atoms with E-state index in [2.05, 4.69) is 10.4 Å². The number of hydrogen-bond donors (Lipinski definition) is 1. The van der Waals surface area contributed by atoms with Gasteiger partial charge in [-0.05, 0) is 35.7 Å². The average Bonchev–Trinajstić information content (AvgIpc) is 3.19. The minimum absolute atomic E-state index is 0.0648. The van der Waals surface area contributed by atoms with Gasteiger partial charge in [0.25, 0.3) is 5.56 Å². The van der Waals surface area contributed by atoms with Crippen molar-refractivity contribution >= 4 is 33.7 Å². The molecule has 122 valence electrons. The van der Waals surface area contributed by atoms with Crippen LogP contribution in [0, 0.1) is 0 Å². The van der Waals surface area contributed by atoms with Crippen molar-refractivity contribution in [3.63, 3.8) is 0 Å². The number of para-hydroxylation sites is 2. The number of ketones is 1. The Balaban J connectivity index is 1.94. The van der Waals surface area contributed by atoms with E-state index < -0.39 is 0 Å². The maximum atomic E-state index is 12.9. The lowest BCUT2D eigenvalue weighted by molar-refractivity contribution is 0.102. The highest BCUT2D eigenvalue weighted by molar-refractivity contribution is 7.12. The van der Waals surface area contributed by atoms with Crippen molar-refractivity contribution in [2.75, 3.05) is 5.43 Å². The molecule has 2 aromatic carbocycles. The molecular formula is C19H13N3O2S. The van der Waals surface area contributed by atoms with Crippen LogP contribution in [0.4, 0.5) is 5.69 Å². The summed E-state index contributed by atoms with van der Waals surface area (Å²) in [5.74, 6) is -0.226. The zero-order valence-electron chi connectivity index (χ0n) is 13.0. The molecule has 0 atom stereocenters. The van der Waals surface area contributed by atoms with Crippen molar-refractivity contribution in [2.24, 2.45) is 0 Å². The van der Waals surface area contributed by atoms with E-state index in [-0.39, 0.29) is 17.2 Å². The molecule has 1 N–H and O–H groups in total. The Morgan fingerprint density at radius 1 is 0.960 bits per heavy atom. The summed E-state index contributed by atoms with van der Waals surface area (Å²) in [5, 5.41) is 2.27. The van der Waals surface area contributed by atoms with E-state index in [4.69, 9.17) is 0 Å². The maximum absolute atomic E-state index is 12.9. The van der Waals surface area contributed by atoms with Crippen LogP contribution in [0.25, 0.3) is 10.9 Å². The SMILES string of the molecule is O=C(c1cccs1)c1nc2ccccc2c(=O)n1Nc1ccccc1. The number of rotatable bonds is 4. The largest absolute Gasteiger partial charge is 0.290 e. The third kappa shape index (κ3) is 2.83. The number of thiophene rings is 1. The van der Waals surface area contributed by atoms with Gasteiger partial charge in [0.2, 0.25) is 11.6 Å². The van der Waals surface area contributed by atoms with Gasteiger partial charge in [0.05, 0.1) is 21.5 Å². The first-order chi connectivity index (χ1) is 12.2. The van der Waals surface area contributed by atoms with Crippen LogP contribution >= 0.6 is 11.3 Å². The molecule has 0 saturated heterocycles. The number of carbonyl (C=O) groups excluding carboxylic acids is 1. The molecule has 2 aromatic heterocycles. The molecule has 4 aromatic rings. The van der Waals surface area contributed by atoms with Crippen LogP contribution in [0.15, 0.2) is 76.9 Å². The third-order valence-electron chi connectivity index (χ3n) is 3.74. The Kier molecular flexibility index (Phi) is 3.87. The Bertz CT molecular complexity index is 1100. The molecule has 6 heteroatoms. The number of carbonyl (C=O) groups is 1. The van der Waals surface area contributed by atoms with Gasteiger partial charge in [0, 0.05) is 0 Å². The third-order valence-corrected chi connectivity index (χ3v) is 4.61. The van der Waals surface area contributed by atoms with Crippen LogP contribution in [0.2, 0.25) is 0 Å². The van der Waals surface area contributed by atoms with Crippen molar-refractivity contribution in [3.8, 4) is 0 Å². The van der Waals surface area contributed by atoms with Crippen LogP contribution in [0.1, 0.15) is 15.5 Å². The molecule has 0 fully saturated rings. The van der Waals surface area contributed by atoms with E-state index in [0.29, 0.717) is 21.5 Å². The molecule has 0 spiro atoms. The predicted molar refractivity (Wildman–Crippen MR) is 99.2 cm³/mol. The van der Waals surface area contributed by atoms with Crippen molar-refractivity contribution in [1.29, 1.82) is 0 Å². The highest BCUT2D eigenvalue weighted by Crippen LogP contribution is 2.16. The summed E-state index contributed by atoms with van der Waals surface area (Å²) in [6.07, 6.45) is 0. The molecule has 0 aliphatic carbocycles. The molecule has 0 aliphatic rings. The quantitative estimate of drug-likeness (QED) is 0.573. The summed E-state index contributed by atoms with van der Waals surface area (Å²) < 4.78 is 1.22. The molecule has 4 rings (SSSR count). The van der Waals surface area contributed by atoms with E-state index in [1.54, 1.807) is 36.4 Å². The van der Waals surface area contributed by atoms with Crippen LogP contribution in [-0.2, 0) is 0 Å². The number of anilines is 1. The molecule has 0 unspecified atom stereocenters. The van der Waals surface area contributed by atoms with Gasteiger partial charge in [-0.1, -0.05) is 36.4 Å². The van der Waals surface area contributed by atoms with Crippen LogP contribution < -0.4 is 11.0 Å². The fraction of sp³-hybridized carbons (Fsp3) is 0. The highest BCUT2D eigenvalue weighted by Gasteiger charge is 2.20. The van der Waals surface area contributed by atoms with Crippen LogP contribution in [0.3, 0.4) is 0 Å². The lowest BCUT2D eigenvalue weighted by Gasteiger charge is -2.14. The minimum atomic E-state index is -0.311.